The van der Waals surface area contributed by atoms with Crippen LogP contribution < -0.4 is 20.1 Å². The van der Waals surface area contributed by atoms with Crippen LogP contribution in [0.25, 0.3) is 0 Å². The van der Waals surface area contributed by atoms with Crippen molar-refractivity contribution in [3.05, 3.63) is 23.8 Å². The minimum absolute atomic E-state index is 0. The van der Waals surface area contributed by atoms with Crippen LogP contribution in [-0.4, -0.2) is 38.1 Å². The number of benzene rings is 1. The summed E-state index contributed by atoms with van der Waals surface area (Å²) in [6.45, 7) is 3.72. The van der Waals surface area contributed by atoms with E-state index in [9.17, 15) is 13.6 Å². The van der Waals surface area contributed by atoms with Gasteiger partial charge in [0.25, 0.3) is 5.92 Å². The highest BCUT2D eigenvalue weighted by Gasteiger charge is 2.42. The number of amides is 1. The Morgan fingerprint density at radius 3 is 2.71 bits per heavy atom. The number of methoxy groups -OCH3 is 1. The summed E-state index contributed by atoms with van der Waals surface area (Å²) in [5.74, 6) is -2.07. The van der Waals surface area contributed by atoms with E-state index >= 15 is 0 Å². The van der Waals surface area contributed by atoms with Crippen molar-refractivity contribution in [1.82, 2.24) is 10.6 Å². The van der Waals surface area contributed by atoms with Gasteiger partial charge < -0.3 is 14.8 Å². The molecule has 0 spiro atoms. The van der Waals surface area contributed by atoms with Crippen molar-refractivity contribution >= 4 is 18.3 Å². The summed E-state index contributed by atoms with van der Waals surface area (Å²) in [6, 6.07) is 4.16. The summed E-state index contributed by atoms with van der Waals surface area (Å²) in [7, 11) is 1.54. The summed E-state index contributed by atoms with van der Waals surface area (Å²) < 4.78 is 37.0. The number of carbonyl (C=O) groups excluding carboxylic acids is 1. The van der Waals surface area contributed by atoms with Gasteiger partial charge in [0.15, 0.2) is 11.5 Å². The van der Waals surface area contributed by atoms with Gasteiger partial charge in [-0.3, -0.25) is 10.1 Å². The third-order valence-electron chi connectivity index (χ3n) is 3.77. The van der Waals surface area contributed by atoms with Gasteiger partial charge in [-0.1, -0.05) is 6.07 Å². The van der Waals surface area contributed by atoms with E-state index in [2.05, 4.69) is 10.6 Å². The zero-order valence-corrected chi connectivity index (χ0v) is 14.7. The first-order valence-corrected chi connectivity index (χ1v) is 7.58. The molecule has 0 aromatic heterocycles. The van der Waals surface area contributed by atoms with Crippen LogP contribution in [-0.2, 0) is 4.79 Å². The highest BCUT2D eigenvalue weighted by Crippen LogP contribution is 2.30. The number of nitrogens with one attached hydrogen (secondary N) is 2. The van der Waals surface area contributed by atoms with Gasteiger partial charge in [0.2, 0.25) is 5.91 Å². The lowest BCUT2D eigenvalue weighted by molar-refractivity contribution is -0.124. The Hall–Kier alpha value is -1.60. The predicted octanol–water partition coefficient (Wildman–Crippen LogP) is 2.69. The summed E-state index contributed by atoms with van der Waals surface area (Å²) >= 11 is 0. The second kappa shape index (κ2) is 8.48. The van der Waals surface area contributed by atoms with Crippen molar-refractivity contribution in [2.24, 2.45) is 0 Å². The van der Waals surface area contributed by atoms with Crippen LogP contribution >= 0.6 is 12.4 Å². The third-order valence-corrected chi connectivity index (χ3v) is 3.77. The number of rotatable bonds is 6. The Morgan fingerprint density at radius 2 is 2.17 bits per heavy atom. The van der Waals surface area contributed by atoms with Gasteiger partial charge in [0.1, 0.15) is 0 Å². The van der Waals surface area contributed by atoms with E-state index in [0.717, 1.165) is 5.56 Å². The van der Waals surface area contributed by atoms with Crippen molar-refractivity contribution < 1.29 is 23.0 Å². The minimum Gasteiger partial charge on any atom is -0.493 e. The molecule has 0 bridgehead atoms. The number of alkyl halides is 2. The van der Waals surface area contributed by atoms with Gasteiger partial charge >= 0.3 is 0 Å². The molecule has 0 radical (unpaired) electrons. The fourth-order valence-electron chi connectivity index (χ4n) is 2.53. The molecule has 1 fully saturated rings. The Balaban J connectivity index is 0.00000288. The van der Waals surface area contributed by atoms with E-state index in [4.69, 9.17) is 9.47 Å². The zero-order valence-electron chi connectivity index (χ0n) is 13.9. The smallest absolute Gasteiger partial charge is 0.262 e. The van der Waals surface area contributed by atoms with Gasteiger partial charge in [-0.05, 0) is 31.5 Å². The molecule has 2 rings (SSSR count). The molecule has 1 aliphatic heterocycles. The summed E-state index contributed by atoms with van der Waals surface area (Å²) in [6.07, 6.45) is -0.474. The van der Waals surface area contributed by atoms with Gasteiger partial charge in [0.05, 0.1) is 32.3 Å². The normalized spacial score (nSPS) is 20.0. The molecule has 136 valence electrons. The fraction of sp³-hybridized carbons (Fsp3) is 0.562. The minimum atomic E-state index is -2.83. The molecule has 2 unspecified atom stereocenters. The first-order chi connectivity index (χ1) is 10.9. The van der Waals surface area contributed by atoms with Gasteiger partial charge in [-0.2, -0.15) is 0 Å². The molecular weight excluding hydrogens is 342 g/mol. The van der Waals surface area contributed by atoms with E-state index < -0.39 is 30.8 Å². The van der Waals surface area contributed by atoms with Crippen LogP contribution in [0.4, 0.5) is 8.78 Å². The fourth-order valence-corrected chi connectivity index (χ4v) is 2.53. The molecule has 5 nitrogen and oxygen atoms in total. The van der Waals surface area contributed by atoms with Crippen LogP contribution in [0.1, 0.15) is 31.9 Å². The van der Waals surface area contributed by atoms with Crippen LogP contribution in [0.3, 0.4) is 0 Å². The van der Waals surface area contributed by atoms with Crippen LogP contribution in [0, 0.1) is 0 Å². The Kier molecular flexibility index (Phi) is 7.23. The maximum Gasteiger partial charge on any atom is 0.262 e. The molecule has 2 atom stereocenters. The molecule has 0 saturated carbocycles. The summed E-state index contributed by atoms with van der Waals surface area (Å²) in [4.78, 5) is 12.1. The second-order valence-corrected chi connectivity index (χ2v) is 5.57. The zero-order chi connectivity index (χ0) is 17.0. The van der Waals surface area contributed by atoms with Crippen LogP contribution in [0.2, 0.25) is 0 Å². The number of carbonyl (C=O) groups is 1. The average Bonchev–Trinajstić information content (AvgIpc) is 2.88. The van der Waals surface area contributed by atoms with Gasteiger partial charge in [-0.15, -0.1) is 12.4 Å². The molecule has 1 amide bonds. The summed E-state index contributed by atoms with van der Waals surface area (Å²) in [5, 5.41) is 5.29. The maximum atomic E-state index is 13.2. The molecule has 24 heavy (non-hydrogen) atoms. The van der Waals surface area contributed by atoms with Crippen molar-refractivity contribution in [3.63, 3.8) is 0 Å². The third kappa shape index (κ3) is 4.95. The molecule has 1 aromatic rings. The quantitative estimate of drug-likeness (QED) is 0.814. The lowest BCUT2D eigenvalue weighted by Crippen LogP contribution is -2.41. The Morgan fingerprint density at radius 1 is 1.46 bits per heavy atom. The first kappa shape index (κ1) is 20.4. The molecule has 8 heteroatoms. The predicted molar refractivity (Wildman–Crippen MR) is 89.3 cm³/mol. The van der Waals surface area contributed by atoms with E-state index in [1.165, 1.54) is 7.11 Å². The lowest BCUT2D eigenvalue weighted by Gasteiger charge is -2.19. The molecular formula is C16H23ClF2N2O3. The standard InChI is InChI=1S/C16H22F2N2O3.ClH/c1-4-23-13-6-5-11(7-14(13)22-3)10(2)20-15(21)12-8-16(17,18)9-19-12;/h5-7,10,12,19H,4,8-9H2,1-3H3,(H,20,21);1H. The average molecular weight is 365 g/mol. The van der Waals surface area contributed by atoms with E-state index in [1.807, 2.05) is 13.0 Å². The van der Waals surface area contributed by atoms with Crippen molar-refractivity contribution in [2.45, 2.75) is 38.3 Å². The SMILES string of the molecule is CCOc1ccc(C(C)NC(=O)C2CC(F)(F)CN2)cc1OC.Cl. The lowest BCUT2D eigenvalue weighted by atomic mass is 10.1. The Labute approximate surface area is 146 Å². The topological polar surface area (TPSA) is 59.6 Å². The van der Waals surface area contributed by atoms with Gasteiger partial charge in [-0.25, -0.2) is 8.78 Å². The largest absolute Gasteiger partial charge is 0.493 e. The van der Waals surface area contributed by atoms with Crippen molar-refractivity contribution in [1.29, 1.82) is 0 Å². The molecule has 1 aromatic carbocycles. The van der Waals surface area contributed by atoms with Crippen LogP contribution in [0.15, 0.2) is 18.2 Å². The molecule has 2 N–H and O–H groups in total. The number of hydrogen-bond donors (Lipinski definition) is 2. The molecule has 1 saturated heterocycles. The van der Waals surface area contributed by atoms with Gasteiger partial charge in [0, 0.05) is 6.42 Å². The van der Waals surface area contributed by atoms with E-state index in [1.54, 1.807) is 19.1 Å². The second-order valence-electron chi connectivity index (χ2n) is 5.57. The van der Waals surface area contributed by atoms with Crippen molar-refractivity contribution in [2.75, 3.05) is 20.3 Å². The molecule has 0 aliphatic carbocycles. The monoisotopic (exact) mass is 364 g/mol. The molecule has 1 heterocycles. The summed E-state index contributed by atoms with van der Waals surface area (Å²) in [5.41, 5.74) is 0.809. The number of halogens is 3. The molecule has 1 aliphatic rings. The number of ether oxygens (including phenoxy) is 2. The van der Waals surface area contributed by atoms with E-state index in [0.29, 0.717) is 18.1 Å². The highest BCUT2D eigenvalue weighted by atomic mass is 35.5. The highest BCUT2D eigenvalue weighted by molar-refractivity contribution is 5.85. The van der Waals surface area contributed by atoms with Crippen molar-refractivity contribution in [3.8, 4) is 11.5 Å². The maximum absolute atomic E-state index is 13.2. The van der Waals surface area contributed by atoms with E-state index in [-0.39, 0.29) is 18.4 Å². The first-order valence-electron chi connectivity index (χ1n) is 7.58. The Bertz CT molecular complexity index is 572. The van der Waals surface area contributed by atoms with Crippen LogP contribution in [0.5, 0.6) is 11.5 Å². The number of hydrogen-bond acceptors (Lipinski definition) is 4.